The minimum absolute atomic E-state index is 0.263. The van der Waals surface area contributed by atoms with E-state index < -0.39 is 0 Å². The summed E-state index contributed by atoms with van der Waals surface area (Å²) in [6.07, 6.45) is 2.73. The first-order valence-electron chi connectivity index (χ1n) is 6.46. The Hall–Kier alpha value is -1.87. The van der Waals surface area contributed by atoms with Gasteiger partial charge >= 0.3 is 0 Å². The van der Waals surface area contributed by atoms with E-state index in [1.165, 1.54) is 11.1 Å². The molecular weight excluding hydrogens is 236 g/mol. The second-order valence-corrected chi connectivity index (χ2v) is 4.59. The first-order valence-corrected chi connectivity index (χ1v) is 6.46. The molecule has 0 amide bonds. The summed E-state index contributed by atoms with van der Waals surface area (Å²) in [4.78, 5) is 4.46. The topological polar surface area (TPSA) is 34.2 Å². The molecule has 1 unspecified atom stereocenters. The molecule has 19 heavy (non-hydrogen) atoms. The maximum absolute atomic E-state index is 5.19. The second kappa shape index (κ2) is 6.34. The van der Waals surface area contributed by atoms with E-state index in [1.54, 1.807) is 7.11 Å². The molecule has 0 aliphatic rings. The second-order valence-electron chi connectivity index (χ2n) is 4.59. The molecule has 100 valence electrons. The van der Waals surface area contributed by atoms with Gasteiger partial charge in [-0.05, 0) is 43.3 Å². The van der Waals surface area contributed by atoms with Gasteiger partial charge in [0.05, 0.1) is 7.11 Å². The van der Waals surface area contributed by atoms with Crippen LogP contribution in [-0.2, 0) is 6.42 Å². The lowest BCUT2D eigenvalue weighted by atomic mass is 10.00. The maximum atomic E-state index is 5.19. The molecule has 1 heterocycles. The fourth-order valence-corrected chi connectivity index (χ4v) is 2.15. The van der Waals surface area contributed by atoms with Crippen LogP contribution in [0.5, 0.6) is 5.75 Å². The normalized spacial score (nSPS) is 12.2. The zero-order valence-electron chi connectivity index (χ0n) is 11.7. The van der Waals surface area contributed by atoms with Crippen LogP contribution in [0.4, 0.5) is 0 Å². The van der Waals surface area contributed by atoms with E-state index in [4.69, 9.17) is 4.74 Å². The average Bonchev–Trinajstić information content (AvgIpc) is 2.47. The van der Waals surface area contributed by atoms with Gasteiger partial charge in [-0.1, -0.05) is 18.2 Å². The molecule has 0 aliphatic heterocycles. The molecule has 0 spiro atoms. The first kappa shape index (κ1) is 13.6. The molecule has 1 atom stereocenters. The number of ether oxygens (including phenoxy) is 1. The van der Waals surface area contributed by atoms with Crippen molar-refractivity contribution in [3.8, 4) is 5.75 Å². The highest BCUT2D eigenvalue weighted by atomic mass is 16.5. The quantitative estimate of drug-likeness (QED) is 0.893. The molecule has 1 N–H and O–H groups in total. The molecular formula is C16H20N2O. The SMILES string of the molecule is CNC(Cc1ncccc1C)c1ccc(OC)cc1. The van der Waals surface area contributed by atoms with Gasteiger partial charge in [0.15, 0.2) is 0 Å². The van der Waals surface area contributed by atoms with Crippen molar-refractivity contribution in [2.24, 2.45) is 0 Å². The summed E-state index contributed by atoms with van der Waals surface area (Å²) in [5, 5.41) is 3.35. The summed E-state index contributed by atoms with van der Waals surface area (Å²) >= 11 is 0. The van der Waals surface area contributed by atoms with Crippen molar-refractivity contribution < 1.29 is 4.74 Å². The van der Waals surface area contributed by atoms with E-state index in [9.17, 15) is 0 Å². The Bertz CT molecular complexity index is 523. The van der Waals surface area contributed by atoms with Crippen LogP contribution in [0.1, 0.15) is 22.9 Å². The lowest BCUT2D eigenvalue weighted by Gasteiger charge is -2.17. The first-order chi connectivity index (χ1) is 9.24. The number of likely N-dealkylation sites (N-methyl/N-ethyl adjacent to an activating group) is 1. The van der Waals surface area contributed by atoms with Crippen LogP contribution in [0, 0.1) is 6.92 Å². The van der Waals surface area contributed by atoms with Gasteiger partial charge in [-0.3, -0.25) is 4.98 Å². The van der Waals surface area contributed by atoms with Crippen LogP contribution < -0.4 is 10.1 Å². The summed E-state index contributed by atoms with van der Waals surface area (Å²) in [7, 11) is 3.66. The van der Waals surface area contributed by atoms with Gasteiger partial charge < -0.3 is 10.1 Å². The van der Waals surface area contributed by atoms with Crippen molar-refractivity contribution in [2.75, 3.05) is 14.2 Å². The number of rotatable bonds is 5. The van der Waals surface area contributed by atoms with Crippen LogP contribution in [0.3, 0.4) is 0 Å². The third kappa shape index (κ3) is 3.32. The van der Waals surface area contributed by atoms with Gasteiger partial charge in [-0.15, -0.1) is 0 Å². The Morgan fingerprint density at radius 2 is 1.95 bits per heavy atom. The minimum atomic E-state index is 0.263. The van der Waals surface area contributed by atoms with Crippen LogP contribution >= 0.6 is 0 Å². The zero-order chi connectivity index (χ0) is 13.7. The van der Waals surface area contributed by atoms with Gasteiger partial charge in [0, 0.05) is 24.4 Å². The number of benzene rings is 1. The molecule has 0 saturated heterocycles. The summed E-state index contributed by atoms with van der Waals surface area (Å²) in [5.74, 6) is 0.882. The van der Waals surface area contributed by atoms with Gasteiger partial charge in [0.25, 0.3) is 0 Å². The number of nitrogens with one attached hydrogen (secondary N) is 1. The molecule has 0 saturated carbocycles. The lowest BCUT2D eigenvalue weighted by Crippen LogP contribution is -2.19. The third-order valence-electron chi connectivity index (χ3n) is 3.38. The fraction of sp³-hybridized carbons (Fsp3) is 0.312. The monoisotopic (exact) mass is 256 g/mol. The third-order valence-corrected chi connectivity index (χ3v) is 3.38. The van der Waals surface area contributed by atoms with Crippen LogP contribution in [0.25, 0.3) is 0 Å². The largest absolute Gasteiger partial charge is 0.497 e. The molecule has 0 radical (unpaired) electrons. The van der Waals surface area contributed by atoms with Crippen molar-refractivity contribution in [3.63, 3.8) is 0 Å². The van der Waals surface area contributed by atoms with Gasteiger partial charge in [0.2, 0.25) is 0 Å². The number of methoxy groups -OCH3 is 1. The average molecular weight is 256 g/mol. The molecule has 3 heteroatoms. The van der Waals surface area contributed by atoms with E-state index in [0.717, 1.165) is 17.9 Å². The maximum Gasteiger partial charge on any atom is 0.118 e. The predicted octanol–water partition coefficient (Wildman–Crippen LogP) is 2.90. The van der Waals surface area contributed by atoms with Gasteiger partial charge in [0.1, 0.15) is 5.75 Å². The summed E-state index contributed by atoms with van der Waals surface area (Å²) in [6, 6.07) is 12.5. The Kier molecular flexibility index (Phi) is 4.53. The van der Waals surface area contributed by atoms with Crippen molar-refractivity contribution in [1.29, 1.82) is 0 Å². The van der Waals surface area contributed by atoms with Crippen LogP contribution in [0.15, 0.2) is 42.6 Å². The number of aryl methyl sites for hydroxylation is 1. The van der Waals surface area contributed by atoms with Gasteiger partial charge in [-0.2, -0.15) is 0 Å². The molecule has 2 rings (SSSR count). The molecule has 0 fully saturated rings. The lowest BCUT2D eigenvalue weighted by molar-refractivity contribution is 0.414. The highest BCUT2D eigenvalue weighted by Gasteiger charge is 2.12. The number of pyridine rings is 1. The summed E-state index contributed by atoms with van der Waals surface area (Å²) in [5.41, 5.74) is 3.61. The highest BCUT2D eigenvalue weighted by Crippen LogP contribution is 2.21. The number of hydrogen-bond acceptors (Lipinski definition) is 3. The smallest absolute Gasteiger partial charge is 0.118 e. The van der Waals surface area contributed by atoms with Crippen molar-refractivity contribution >= 4 is 0 Å². The number of nitrogens with zero attached hydrogens (tertiary/aromatic N) is 1. The van der Waals surface area contributed by atoms with Crippen molar-refractivity contribution in [3.05, 3.63) is 59.4 Å². The Labute approximate surface area is 114 Å². The van der Waals surface area contributed by atoms with Crippen LogP contribution in [-0.4, -0.2) is 19.1 Å². The molecule has 2 aromatic rings. The Balaban J connectivity index is 2.17. The van der Waals surface area contributed by atoms with Crippen molar-refractivity contribution in [2.45, 2.75) is 19.4 Å². The van der Waals surface area contributed by atoms with E-state index >= 15 is 0 Å². The van der Waals surface area contributed by atoms with Crippen LogP contribution in [0.2, 0.25) is 0 Å². The predicted molar refractivity (Wildman–Crippen MR) is 77.5 cm³/mol. The van der Waals surface area contributed by atoms with E-state index in [0.29, 0.717) is 0 Å². The summed E-state index contributed by atoms with van der Waals surface area (Å²) in [6.45, 7) is 2.10. The highest BCUT2D eigenvalue weighted by molar-refractivity contribution is 5.30. The Morgan fingerprint density at radius 3 is 2.53 bits per heavy atom. The van der Waals surface area contributed by atoms with E-state index in [2.05, 4.69) is 35.4 Å². The fourth-order valence-electron chi connectivity index (χ4n) is 2.15. The van der Waals surface area contributed by atoms with Crippen molar-refractivity contribution in [1.82, 2.24) is 10.3 Å². The summed E-state index contributed by atoms with van der Waals surface area (Å²) < 4.78 is 5.19. The van der Waals surface area contributed by atoms with Gasteiger partial charge in [-0.25, -0.2) is 0 Å². The number of hydrogen-bond donors (Lipinski definition) is 1. The molecule has 0 bridgehead atoms. The van der Waals surface area contributed by atoms with E-state index in [-0.39, 0.29) is 6.04 Å². The molecule has 1 aromatic heterocycles. The standard InChI is InChI=1S/C16H20N2O/c1-12-5-4-10-18-15(12)11-16(17-2)13-6-8-14(19-3)9-7-13/h4-10,16-17H,11H2,1-3H3. The minimum Gasteiger partial charge on any atom is -0.497 e. The van der Waals surface area contributed by atoms with E-state index in [1.807, 2.05) is 31.4 Å². The molecule has 0 aliphatic carbocycles. The number of aromatic nitrogens is 1. The molecule has 3 nitrogen and oxygen atoms in total. The molecule has 1 aromatic carbocycles. The zero-order valence-corrected chi connectivity index (χ0v) is 11.7. The Morgan fingerprint density at radius 1 is 1.21 bits per heavy atom.